The molecule has 22 heavy (non-hydrogen) atoms. The van der Waals surface area contributed by atoms with Crippen molar-refractivity contribution in [3.8, 4) is 5.69 Å². The van der Waals surface area contributed by atoms with E-state index in [4.69, 9.17) is 9.47 Å². The zero-order valence-electron chi connectivity index (χ0n) is 12.4. The molecule has 0 unspecified atom stereocenters. The average molecular weight is 302 g/mol. The van der Waals surface area contributed by atoms with E-state index in [1.54, 1.807) is 31.4 Å². The Kier molecular flexibility index (Phi) is 4.43. The highest BCUT2D eigenvalue weighted by molar-refractivity contribution is 5.89. The number of rotatable bonds is 4. The Balaban J connectivity index is 1.67. The van der Waals surface area contributed by atoms with Crippen molar-refractivity contribution in [1.29, 1.82) is 0 Å². The summed E-state index contributed by atoms with van der Waals surface area (Å²) in [5.74, 6) is -0.322. The fourth-order valence-electron chi connectivity index (χ4n) is 2.70. The molecule has 0 saturated heterocycles. The number of aromatic nitrogens is 4. The number of hydrogen-bond acceptors (Lipinski definition) is 6. The minimum atomic E-state index is -0.322. The molecular weight excluding hydrogens is 284 g/mol. The van der Waals surface area contributed by atoms with Crippen LogP contribution in [0.3, 0.4) is 0 Å². The first kappa shape index (κ1) is 14.6. The molecule has 0 bridgehead atoms. The zero-order valence-corrected chi connectivity index (χ0v) is 12.4. The van der Waals surface area contributed by atoms with E-state index in [1.165, 1.54) is 11.0 Å². The van der Waals surface area contributed by atoms with Crippen LogP contribution < -0.4 is 0 Å². The molecule has 2 atom stereocenters. The SMILES string of the molecule is CO[C@@H]1CCCC[C@H]1OC(=O)c1ccc(-n2cnnn2)cc1. The third kappa shape index (κ3) is 3.14. The number of carbonyl (C=O) groups excluding carboxylic acids is 1. The smallest absolute Gasteiger partial charge is 0.338 e. The lowest BCUT2D eigenvalue weighted by molar-refractivity contribution is -0.0539. The molecule has 116 valence electrons. The summed E-state index contributed by atoms with van der Waals surface area (Å²) in [5.41, 5.74) is 1.30. The topological polar surface area (TPSA) is 79.1 Å². The van der Waals surface area contributed by atoms with E-state index >= 15 is 0 Å². The molecule has 7 nitrogen and oxygen atoms in total. The Hall–Kier alpha value is -2.28. The molecule has 1 heterocycles. The highest BCUT2D eigenvalue weighted by Crippen LogP contribution is 2.24. The summed E-state index contributed by atoms with van der Waals surface area (Å²) >= 11 is 0. The Labute approximate surface area is 128 Å². The van der Waals surface area contributed by atoms with Crippen molar-refractivity contribution in [2.75, 3.05) is 7.11 Å². The van der Waals surface area contributed by atoms with Gasteiger partial charge in [0.1, 0.15) is 12.4 Å². The molecule has 7 heteroatoms. The number of carbonyl (C=O) groups is 1. The zero-order chi connectivity index (χ0) is 15.4. The van der Waals surface area contributed by atoms with Gasteiger partial charge < -0.3 is 9.47 Å². The van der Waals surface area contributed by atoms with Gasteiger partial charge in [0.2, 0.25) is 0 Å². The minimum absolute atomic E-state index is 0.00167. The van der Waals surface area contributed by atoms with E-state index in [1.807, 2.05) is 0 Å². The van der Waals surface area contributed by atoms with Crippen LogP contribution in [0.25, 0.3) is 5.69 Å². The molecule has 1 aromatic carbocycles. The third-order valence-electron chi connectivity index (χ3n) is 3.92. The maximum absolute atomic E-state index is 12.2. The largest absolute Gasteiger partial charge is 0.456 e. The second-order valence-corrected chi connectivity index (χ2v) is 5.30. The number of benzene rings is 1. The van der Waals surface area contributed by atoms with Crippen LogP contribution in [-0.2, 0) is 9.47 Å². The lowest BCUT2D eigenvalue weighted by Gasteiger charge is -2.29. The van der Waals surface area contributed by atoms with Crippen molar-refractivity contribution in [2.45, 2.75) is 37.9 Å². The van der Waals surface area contributed by atoms with Crippen molar-refractivity contribution in [1.82, 2.24) is 20.2 Å². The Morgan fingerprint density at radius 2 is 1.91 bits per heavy atom. The average Bonchev–Trinajstić information content (AvgIpc) is 3.10. The summed E-state index contributed by atoms with van der Waals surface area (Å²) in [5, 5.41) is 11.0. The van der Waals surface area contributed by atoms with Crippen LogP contribution in [0, 0.1) is 0 Å². The van der Waals surface area contributed by atoms with Gasteiger partial charge in [-0.1, -0.05) is 6.42 Å². The van der Waals surface area contributed by atoms with Gasteiger partial charge in [0.15, 0.2) is 0 Å². The van der Waals surface area contributed by atoms with Gasteiger partial charge in [0.25, 0.3) is 0 Å². The predicted molar refractivity (Wildman–Crippen MR) is 77.6 cm³/mol. The van der Waals surface area contributed by atoms with Crippen molar-refractivity contribution in [2.24, 2.45) is 0 Å². The van der Waals surface area contributed by atoms with Crippen LogP contribution in [0.1, 0.15) is 36.0 Å². The van der Waals surface area contributed by atoms with Gasteiger partial charge in [0, 0.05) is 7.11 Å². The van der Waals surface area contributed by atoms with Crippen LogP contribution in [-0.4, -0.2) is 45.5 Å². The summed E-state index contributed by atoms with van der Waals surface area (Å²) in [6.45, 7) is 0. The van der Waals surface area contributed by atoms with Gasteiger partial charge in [-0.05, 0) is 54.0 Å². The van der Waals surface area contributed by atoms with E-state index in [9.17, 15) is 4.79 Å². The first-order valence-corrected chi connectivity index (χ1v) is 7.35. The molecule has 1 aliphatic rings. The van der Waals surface area contributed by atoms with E-state index < -0.39 is 0 Å². The molecular formula is C15H18N4O3. The summed E-state index contributed by atoms with van der Waals surface area (Å²) in [7, 11) is 1.66. The van der Waals surface area contributed by atoms with E-state index in [0.29, 0.717) is 5.56 Å². The quantitative estimate of drug-likeness (QED) is 0.801. The molecule has 0 aliphatic heterocycles. The Morgan fingerprint density at radius 1 is 1.18 bits per heavy atom. The standard InChI is InChI=1S/C15H18N4O3/c1-21-13-4-2-3-5-14(13)22-15(20)11-6-8-12(9-7-11)19-10-16-17-18-19/h6-10,13-14H,2-5H2,1H3/t13-,14-/m1/s1. The summed E-state index contributed by atoms with van der Waals surface area (Å²) in [4.78, 5) is 12.2. The Bertz CT molecular complexity index is 612. The van der Waals surface area contributed by atoms with Crippen molar-refractivity contribution >= 4 is 5.97 Å². The molecule has 1 saturated carbocycles. The molecule has 0 N–H and O–H groups in total. The highest BCUT2D eigenvalue weighted by Gasteiger charge is 2.28. The van der Waals surface area contributed by atoms with E-state index in [2.05, 4.69) is 15.5 Å². The third-order valence-corrected chi connectivity index (χ3v) is 3.92. The van der Waals surface area contributed by atoms with Gasteiger partial charge in [-0.2, -0.15) is 0 Å². The van der Waals surface area contributed by atoms with Gasteiger partial charge in [-0.3, -0.25) is 0 Å². The van der Waals surface area contributed by atoms with Crippen LogP contribution in [0.2, 0.25) is 0 Å². The van der Waals surface area contributed by atoms with Crippen molar-refractivity contribution in [3.05, 3.63) is 36.2 Å². The summed E-state index contributed by atoms with van der Waals surface area (Å²) < 4.78 is 12.5. The molecule has 1 fully saturated rings. The molecule has 3 rings (SSSR count). The first-order valence-electron chi connectivity index (χ1n) is 7.35. The number of esters is 1. The van der Waals surface area contributed by atoms with Crippen LogP contribution in [0.4, 0.5) is 0 Å². The molecule has 2 aromatic rings. The van der Waals surface area contributed by atoms with Crippen LogP contribution in [0.5, 0.6) is 0 Å². The minimum Gasteiger partial charge on any atom is -0.456 e. The molecule has 0 radical (unpaired) electrons. The molecule has 1 aromatic heterocycles. The highest BCUT2D eigenvalue weighted by atomic mass is 16.6. The second kappa shape index (κ2) is 6.65. The molecule has 1 aliphatic carbocycles. The van der Waals surface area contributed by atoms with Gasteiger partial charge in [-0.25, -0.2) is 9.48 Å². The lowest BCUT2D eigenvalue weighted by atomic mass is 9.94. The fraction of sp³-hybridized carbons (Fsp3) is 0.467. The maximum atomic E-state index is 12.2. The normalized spacial score (nSPS) is 21.5. The Morgan fingerprint density at radius 3 is 2.55 bits per heavy atom. The number of nitrogens with zero attached hydrogens (tertiary/aromatic N) is 4. The van der Waals surface area contributed by atoms with Crippen molar-refractivity contribution in [3.63, 3.8) is 0 Å². The van der Waals surface area contributed by atoms with Crippen LogP contribution >= 0.6 is 0 Å². The van der Waals surface area contributed by atoms with E-state index in [0.717, 1.165) is 31.4 Å². The molecule has 0 spiro atoms. The predicted octanol–water partition coefficient (Wildman–Crippen LogP) is 1.78. The van der Waals surface area contributed by atoms with Gasteiger partial charge >= 0.3 is 5.97 Å². The summed E-state index contributed by atoms with van der Waals surface area (Å²) in [6, 6.07) is 6.98. The fourth-order valence-corrected chi connectivity index (χ4v) is 2.70. The molecule has 0 amide bonds. The number of tetrazole rings is 1. The van der Waals surface area contributed by atoms with Crippen LogP contribution in [0.15, 0.2) is 30.6 Å². The maximum Gasteiger partial charge on any atom is 0.338 e. The number of hydrogen-bond donors (Lipinski definition) is 0. The first-order chi connectivity index (χ1) is 10.8. The van der Waals surface area contributed by atoms with E-state index in [-0.39, 0.29) is 18.2 Å². The number of methoxy groups -OCH3 is 1. The monoisotopic (exact) mass is 302 g/mol. The van der Waals surface area contributed by atoms with Gasteiger partial charge in [-0.15, -0.1) is 5.10 Å². The summed E-state index contributed by atoms with van der Waals surface area (Å²) in [6.07, 6.45) is 5.31. The lowest BCUT2D eigenvalue weighted by Crippen LogP contribution is -2.35. The van der Waals surface area contributed by atoms with Gasteiger partial charge in [0.05, 0.1) is 17.4 Å². The second-order valence-electron chi connectivity index (χ2n) is 5.30. The number of ether oxygens (including phenoxy) is 2. The van der Waals surface area contributed by atoms with Crippen molar-refractivity contribution < 1.29 is 14.3 Å².